The summed E-state index contributed by atoms with van der Waals surface area (Å²) in [5, 5.41) is 7.98. The second-order valence-electron chi connectivity index (χ2n) is 3.22. The van der Waals surface area contributed by atoms with Crippen LogP contribution < -0.4 is 0 Å². The maximum Gasteiger partial charge on any atom is 0.187 e. The number of hydrogen-bond acceptors (Lipinski definition) is 3. The molecule has 0 radical (unpaired) electrons. The summed E-state index contributed by atoms with van der Waals surface area (Å²) in [4.78, 5) is 11.6. The maximum absolute atomic E-state index is 11.6. The minimum absolute atomic E-state index is 0.0247. The molecule has 0 atom stereocenters. The van der Waals surface area contributed by atoms with Gasteiger partial charge in [-0.3, -0.25) is 4.79 Å². The Hall–Kier alpha value is -1.97. The lowest BCUT2D eigenvalue weighted by atomic mass is 10.1. The highest BCUT2D eigenvalue weighted by atomic mass is 16.1. The number of carbonyl (C=O) groups is 1. The maximum atomic E-state index is 11.6. The monoisotopic (exact) mass is 185 g/mol. The van der Waals surface area contributed by atoms with E-state index in [-0.39, 0.29) is 5.78 Å². The standard InChI is InChI=1S/C10H7N3O/c14-9-5-1-4-8-10-7(9)3-2-6-13(10)12-11-8/h1-3,5-6H,4H2. The minimum Gasteiger partial charge on any atom is -0.289 e. The number of nitrogens with zero attached hydrogens (tertiary/aromatic N) is 3. The number of pyridine rings is 1. The Kier molecular flexibility index (Phi) is 1.33. The third-order valence-electron chi connectivity index (χ3n) is 2.36. The molecule has 0 bridgehead atoms. The van der Waals surface area contributed by atoms with Crippen LogP contribution in [0.3, 0.4) is 0 Å². The van der Waals surface area contributed by atoms with Gasteiger partial charge in [-0.25, -0.2) is 4.52 Å². The number of hydrogen-bond donors (Lipinski definition) is 0. The average Bonchev–Trinajstić information content (AvgIpc) is 2.53. The second kappa shape index (κ2) is 2.51. The third-order valence-corrected chi connectivity index (χ3v) is 2.36. The molecule has 2 heterocycles. The number of allylic oxidation sites excluding steroid dienone is 2. The van der Waals surface area contributed by atoms with Crippen LogP contribution in [-0.2, 0) is 6.42 Å². The lowest BCUT2D eigenvalue weighted by Crippen LogP contribution is -1.98. The lowest BCUT2D eigenvalue weighted by molar-refractivity contribution is 0.104. The predicted octanol–water partition coefficient (Wildman–Crippen LogP) is 1.02. The van der Waals surface area contributed by atoms with Crippen molar-refractivity contribution in [2.75, 3.05) is 0 Å². The van der Waals surface area contributed by atoms with Gasteiger partial charge in [-0.2, -0.15) is 0 Å². The molecule has 0 aliphatic heterocycles. The van der Waals surface area contributed by atoms with Crippen LogP contribution in [0.1, 0.15) is 16.1 Å². The molecule has 0 fully saturated rings. The topological polar surface area (TPSA) is 47.3 Å². The summed E-state index contributed by atoms with van der Waals surface area (Å²) in [5.41, 5.74) is 2.38. The highest BCUT2D eigenvalue weighted by Crippen LogP contribution is 2.18. The largest absolute Gasteiger partial charge is 0.289 e. The van der Waals surface area contributed by atoms with Gasteiger partial charge in [-0.15, -0.1) is 5.10 Å². The Labute approximate surface area is 79.9 Å². The summed E-state index contributed by atoms with van der Waals surface area (Å²) in [5.74, 6) is 0.0247. The van der Waals surface area contributed by atoms with Crippen LogP contribution in [0.4, 0.5) is 0 Å². The fraction of sp³-hybridized carbons (Fsp3) is 0.100. The van der Waals surface area contributed by atoms with Crippen LogP contribution in [0, 0.1) is 0 Å². The Morgan fingerprint density at radius 3 is 3.29 bits per heavy atom. The number of carbonyl (C=O) groups excluding carboxylic acids is 1. The molecule has 0 aromatic carbocycles. The van der Waals surface area contributed by atoms with Gasteiger partial charge in [0.25, 0.3) is 0 Å². The summed E-state index contributed by atoms with van der Waals surface area (Å²) in [7, 11) is 0. The first kappa shape index (κ1) is 7.44. The highest BCUT2D eigenvalue weighted by Gasteiger charge is 2.16. The van der Waals surface area contributed by atoms with Crippen molar-refractivity contribution in [3.8, 4) is 0 Å². The molecule has 0 unspecified atom stereocenters. The van der Waals surface area contributed by atoms with Gasteiger partial charge in [0.1, 0.15) is 5.52 Å². The molecule has 0 saturated carbocycles. The summed E-state index contributed by atoms with van der Waals surface area (Å²) < 4.78 is 1.65. The molecule has 14 heavy (non-hydrogen) atoms. The smallest absolute Gasteiger partial charge is 0.187 e. The molecule has 4 nitrogen and oxygen atoms in total. The average molecular weight is 185 g/mol. The first-order valence-corrected chi connectivity index (χ1v) is 4.40. The van der Waals surface area contributed by atoms with Crippen LogP contribution in [0.15, 0.2) is 30.5 Å². The SMILES string of the molecule is O=C1C=CCc2nnn3cccc1c23. The van der Waals surface area contributed by atoms with Crippen molar-refractivity contribution < 1.29 is 4.79 Å². The van der Waals surface area contributed by atoms with E-state index in [4.69, 9.17) is 0 Å². The van der Waals surface area contributed by atoms with Crippen LogP contribution in [-0.4, -0.2) is 20.6 Å². The van der Waals surface area contributed by atoms with E-state index >= 15 is 0 Å². The van der Waals surface area contributed by atoms with E-state index in [1.165, 1.54) is 0 Å². The Balaban J connectivity index is 2.50. The molecule has 0 N–H and O–H groups in total. The van der Waals surface area contributed by atoms with Crippen molar-refractivity contribution in [2.24, 2.45) is 0 Å². The highest BCUT2D eigenvalue weighted by molar-refractivity contribution is 6.10. The van der Waals surface area contributed by atoms with Crippen molar-refractivity contribution in [1.82, 2.24) is 14.8 Å². The fourth-order valence-electron chi connectivity index (χ4n) is 1.71. The van der Waals surface area contributed by atoms with E-state index in [2.05, 4.69) is 10.3 Å². The molecule has 1 aliphatic carbocycles. The van der Waals surface area contributed by atoms with Gasteiger partial charge in [0.15, 0.2) is 5.78 Å². The number of rotatable bonds is 0. The minimum atomic E-state index is 0.0247. The van der Waals surface area contributed by atoms with Crippen LogP contribution in [0.25, 0.3) is 5.52 Å². The molecular formula is C10H7N3O. The van der Waals surface area contributed by atoms with Crippen LogP contribution >= 0.6 is 0 Å². The Morgan fingerprint density at radius 2 is 2.36 bits per heavy atom. The molecule has 68 valence electrons. The van der Waals surface area contributed by atoms with Gasteiger partial charge in [0.2, 0.25) is 0 Å². The van der Waals surface area contributed by atoms with Crippen LogP contribution in [0.2, 0.25) is 0 Å². The Bertz CT molecular complexity index is 553. The Morgan fingerprint density at radius 1 is 1.43 bits per heavy atom. The van der Waals surface area contributed by atoms with Gasteiger partial charge in [-0.1, -0.05) is 11.3 Å². The van der Waals surface area contributed by atoms with Gasteiger partial charge in [0.05, 0.1) is 5.69 Å². The van der Waals surface area contributed by atoms with E-state index in [1.807, 2.05) is 6.08 Å². The van der Waals surface area contributed by atoms with Gasteiger partial charge < -0.3 is 0 Å². The van der Waals surface area contributed by atoms with Crippen molar-refractivity contribution in [1.29, 1.82) is 0 Å². The first-order chi connectivity index (χ1) is 6.86. The number of ketones is 1. The van der Waals surface area contributed by atoms with Gasteiger partial charge in [0, 0.05) is 18.2 Å². The lowest BCUT2D eigenvalue weighted by Gasteiger charge is -1.97. The molecule has 0 saturated heterocycles. The van der Waals surface area contributed by atoms with E-state index in [9.17, 15) is 4.79 Å². The molecule has 3 rings (SSSR count). The number of aromatic nitrogens is 3. The molecule has 4 heteroatoms. The third kappa shape index (κ3) is 0.849. The molecule has 0 amide bonds. The molecule has 2 aromatic rings. The summed E-state index contributed by atoms with van der Waals surface area (Å²) in [6.45, 7) is 0. The predicted molar refractivity (Wildman–Crippen MR) is 50.2 cm³/mol. The summed E-state index contributed by atoms with van der Waals surface area (Å²) in [6, 6.07) is 3.61. The summed E-state index contributed by atoms with van der Waals surface area (Å²) in [6.07, 6.45) is 5.89. The van der Waals surface area contributed by atoms with Crippen molar-refractivity contribution in [3.05, 3.63) is 41.7 Å². The van der Waals surface area contributed by atoms with Crippen molar-refractivity contribution >= 4 is 11.3 Å². The molecule has 2 aromatic heterocycles. The second-order valence-corrected chi connectivity index (χ2v) is 3.22. The fourth-order valence-corrected chi connectivity index (χ4v) is 1.71. The summed E-state index contributed by atoms with van der Waals surface area (Å²) >= 11 is 0. The van der Waals surface area contributed by atoms with E-state index < -0.39 is 0 Å². The normalized spacial score (nSPS) is 14.7. The van der Waals surface area contributed by atoms with E-state index in [1.54, 1.807) is 28.9 Å². The van der Waals surface area contributed by atoms with Crippen molar-refractivity contribution in [2.45, 2.75) is 6.42 Å². The van der Waals surface area contributed by atoms with Gasteiger partial charge in [-0.05, 0) is 18.2 Å². The zero-order valence-electron chi connectivity index (χ0n) is 7.34. The van der Waals surface area contributed by atoms with E-state index in [0.717, 1.165) is 11.2 Å². The molecule has 0 spiro atoms. The van der Waals surface area contributed by atoms with Crippen molar-refractivity contribution in [3.63, 3.8) is 0 Å². The van der Waals surface area contributed by atoms with Gasteiger partial charge >= 0.3 is 0 Å². The molecule has 1 aliphatic rings. The zero-order valence-corrected chi connectivity index (χ0v) is 7.34. The van der Waals surface area contributed by atoms with E-state index in [0.29, 0.717) is 12.0 Å². The molecular weight excluding hydrogens is 178 g/mol. The van der Waals surface area contributed by atoms with Crippen LogP contribution in [0.5, 0.6) is 0 Å². The first-order valence-electron chi connectivity index (χ1n) is 4.40. The zero-order chi connectivity index (χ0) is 9.54. The quantitative estimate of drug-likeness (QED) is 0.615.